The zero-order valence-electron chi connectivity index (χ0n) is 13.7. The van der Waals surface area contributed by atoms with E-state index in [4.69, 9.17) is 23.6 Å². The topological polar surface area (TPSA) is 149 Å². The van der Waals surface area contributed by atoms with E-state index in [1.165, 1.54) is 20.2 Å². The van der Waals surface area contributed by atoms with E-state index in [1.807, 2.05) is 0 Å². The Bertz CT molecular complexity index is 718. The Kier molecular flexibility index (Phi) is 7.08. The maximum absolute atomic E-state index is 12.1. The third kappa shape index (κ3) is 4.64. The average Bonchev–Trinajstić information content (AvgIpc) is 2.88. The van der Waals surface area contributed by atoms with Crippen LogP contribution in [-0.4, -0.2) is 64.8 Å². The van der Waals surface area contributed by atoms with Crippen molar-refractivity contribution in [2.75, 3.05) is 26.9 Å². The van der Waals surface area contributed by atoms with E-state index in [0.717, 1.165) is 4.57 Å². The highest BCUT2D eigenvalue weighted by atomic mass is 31.1. The van der Waals surface area contributed by atoms with Gasteiger partial charge in [0.1, 0.15) is 18.3 Å². The van der Waals surface area contributed by atoms with Gasteiger partial charge in [-0.3, -0.25) is 18.9 Å². The molecule has 3 N–H and O–H groups in total. The number of nitrogens with one attached hydrogen (secondary N) is 1. The second kappa shape index (κ2) is 8.86. The molecule has 0 aromatic carbocycles. The van der Waals surface area contributed by atoms with Gasteiger partial charge in [0.2, 0.25) is 0 Å². The predicted octanol–water partition coefficient (Wildman–Crippen LogP) is -1.47. The number of aryl methyl sites for hydroxylation is 1. The third-order valence-corrected chi connectivity index (χ3v) is 4.19. The fraction of sp³-hybridized carbons (Fsp3) is 0.692. The number of H-pyrrole nitrogens is 1. The van der Waals surface area contributed by atoms with Gasteiger partial charge in [0, 0.05) is 18.9 Å². The number of ether oxygens (including phenoxy) is 3. The Hall–Kier alpha value is -1.33. The number of aliphatic hydroxyl groups is 1. The molecular formula is C13H21N2O9P. The number of hydrogen-bond acceptors (Lipinski definition) is 8. The first kappa shape index (κ1) is 20.0. The van der Waals surface area contributed by atoms with Gasteiger partial charge in [0.15, 0.2) is 6.23 Å². The number of nitrogens with zero attached hydrogens (tertiary/aromatic N) is 1. The monoisotopic (exact) mass is 380 g/mol. The largest absolute Gasteiger partial charge is 0.394 e. The van der Waals surface area contributed by atoms with Gasteiger partial charge in [-0.1, -0.05) is 0 Å². The van der Waals surface area contributed by atoms with Crippen LogP contribution in [0.15, 0.2) is 15.8 Å². The zero-order valence-corrected chi connectivity index (χ0v) is 14.7. The summed E-state index contributed by atoms with van der Waals surface area (Å²) in [5.74, 6) is 0. The predicted molar refractivity (Wildman–Crippen MR) is 84.8 cm³/mol. The van der Waals surface area contributed by atoms with Crippen LogP contribution in [0.2, 0.25) is 0 Å². The maximum atomic E-state index is 12.1. The van der Waals surface area contributed by atoms with Gasteiger partial charge in [-0.15, -0.1) is 0 Å². The Morgan fingerprint density at radius 3 is 2.68 bits per heavy atom. The minimum atomic E-state index is -3.35. The molecule has 1 fully saturated rings. The van der Waals surface area contributed by atoms with Crippen molar-refractivity contribution in [1.82, 2.24) is 9.55 Å². The Balaban J connectivity index is 2.39. The van der Waals surface area contributed by atoms with Crippen molar-refractivity contribution in [2.24, 2.45) is 0 Å². The molecule has 25 heavy (non-hydrogen) atoms. The number of hydrogen-bond donors (Lipinski definition) is 3. The van der Waals surface area contributed by atoms with Gasteiger partial charge >= 0.3 is 13.9 Å². The highest BCUT2D eigenvalue weighted by molar-refractivity contribution is 7.32. The normalized spacial score (nSPS) is 27.5. The molecule has 2 unspecified atom stereocenters. The summed E-state index contributed by atoms with van der Waals surface area (Å²) in [7, 11) is -1.88. The van der Waals surface area contributed by atoms with Crippen LogP contribution in [0.1, 0.15) is 11.8 Å². The van der Waals surface area contributed by atoms with E-state index < -0.39 is 50.7 Å². The highest BCUT2D eigenvalue weighted by Gasteiger charge is 2.48. The van der Waals surface area contributed by atoms with Crippen molar-refractivity contribution in [3.63, 3.8) is 0 Å². The number of methoxy groups -OCH3 is 1. The van der Waals surface area contributed by atoms with Crippen LogP contribution >= 0.6 is 8.25 Å². The Morgan fingerprint density at radius 2 is 2.08 bits per heavy atom. The highest BCUT2D eigenvalue weighted by Crippen LogP contribution is 2.37. The number of aliphatic hydroxyl groups excluding tert-OH is 1. The number of aromatic nitrogens is 2. The molecule has 1 aliphatic rings. The fourth-order valence-electron chi connectivity index (χ4n) is 2.56. The summed E-state index contributed by atoms with van der Waals surface area (Å²) in [6, 6.07) is 0. The van der Waals surface area contributed by atoms with Crippen LogP contribution < -0.4 is 11.2 Å². The van der Waals surface area contributed by atoms with E-state index in [2.05, 4.69) is 4.98 Å². The molecule has 0 amide bonds. The Morgan fingerprint density at radius 1 is 1.36 bits per heavy atom. The molecule has 1 aliphatic heterocycles. The molecule has 1 aromatic rings. The van der Waals surface area contributed by atoms with Crippen LogP contribution in [0.3, 0.4) is 0 Å². The second-order valence-corrected chi connectivity index (χ2v) is 6.17. The molecule has 0 saturated carbocycles. The van der Waals surface area contributed by atoms with E-state index in [1.54, 1.807) is 0 Å². The molecule has 0 aliphatic carbocycles. The van der Waals surface area contributed by atoms with E-state index in [-0.39, 0.29) is 18.8 Å². The standard InChI is InChI=1S/C13H21N2O9P/c1-7-5-15(13(18)14-11(7)17)12-10(22-4-3-21-2)9(24-25(19)20)8(6-16)23-12/h5,8-10,12,16,25H,3-4,6H2,1-2H3,(H,19,20)(H,14,17,18)/t8-,9+,10?,12-/m1/s1. The summed E-state index contributed by atoms with van der Waals surface area (Å²) >= 11 is 0. The third-order valence-electron chi connectivity index (χ3n) is 3.72. The lowest BCUT2D eigenvalue weighted by Crippen LogP contribution is -2.41. The molecule has 1 saturated heterocycles. The van der Waals surface area contributed by atoms with Crippen molar-refractivity contribution in [3.05, 3.63) is 32.6 Å². The molecule has 0 bridgehead atoms. The lowest BCUT2D eigenvalue weighted by molar-refractivity contribution is -0.0811. The quantitative estimate of drug-likeness (QED) is 0.363. The number of rotatable bonds is 8. The molecule has 1 aromatic heterocycles. The lowest BCUT2D eigenvalue weighted by Gasteiger charge is -2.24. The van der Waals surface area contributed by atoms with Crippen LogP contribution in [0.5, 0.6) is 0 Å². The second-order valence-electron chi connectivity index (χ2n) is 5.40. The van der Waals surface area contributed by atoms with Crippen LogP contribution in [0.25, 0.3) is 0 Å². The molecule has 5 atom stereocenters. The summed E-state index contributed by atoms with van der Waals surface area (Å²) in [4.78, 5) is 34.9. The first-order valence-electron chi connectivity index (χ1n) is 7.47. The molecule has 142 valence electrons. The first-order chi connectivity index (χ1) is 11.9. The van der Waals surface area contributed by atoms with Crippen LogP contribution in [-0.2, 0) is 23.3 Å². The molecule has 2 rings (SSSR count). The maximum Gasteiger partial charge on any atom is 0.330 e. The first-order valence-corrected chi connectivity index (χ1v) is 8.74. The van der Waals surface area contributed by atoms with Crippen molar-refractivity contribution >= 4 is 8.25 Å². The summed E-state index contributed by atoms with van der Waals surface area (Å²) in [5, 5.41) is 9.47. The van der Waals surface area contributed by atoms with Gasteiger partial charge in [-0.25, -0.2) is 4.79 Å². The average molecular weight is 380 g/mol. The van der Waals surface area contributed by atoms with Gasteiger partial charge in [-0.2, -0.15) is 0 Å². The SMILES string of the molecule is COCCOC1[C@@H](O[PH](=O)O)[C@@H](CO)O[C@H]1n1cc(C)c(=O)[nH]c1=O. The molecule has 0 spiro atoms. The molecule has 12 heteroatoms. The molecular weight excluding hydrogens is 359 g/mol. The molecule has 11 nitrogen and oxygen atoms in total. The molecule has 0 radical (unpaired) electrons. The van der Waals surface area contributed by atoms with Gasteiger partial charge < -0.3 is 28.7 Å². The Labute approximate surface area is 143 Å². The van der Waals surface area contributed by atoms with Crippen molar-refractivity contribution in [2.45, 2.75) is 31.5 Å². The summed E-state index contributed by atoms with van der Waals surface area (Å²) in [6.07, 6.45) is -2.82. The minimum Gasteiger partial charge on any atom is -0.394 e. The van der Waals surface area contributed by atoms with Crippen LogP contribution in [0, 0.1) is 6.92 Å². The van der Waals surface area contributed by atoms with E-state index in [9.17, 15) is 19.3 Å². The lowest BCUT2D eigenvalue weighted by atomic mass is 10.1. The van der Waals surface area contributed by atoms with Gasteiger partial charge in [0.05, 0.1) is 19.8 Å². The summed E-state index contributed by atoms with van der Waals surface area (Å²) in [6.45, 7) is 1.32. The van der Waals surface area contributed by atoms with Crippen molar-refractivity contribution < 1.29 is 33.3 Å². The van der Waals surface area contributed by atoms with E-state index in [0.29, 0.717) is 0 Å². The zero-order chi connectivity index (χ0) is 18.6. The number of aromatic amines is 1. The van der Waals surface area contributed by atoms with Gasteiger partial charge in [0.25, 0.3) is 5.56 Å². The summed E-state index contributed by atoms with van der Waals surface area (Å²) in [5.41, 5.74) is -1.02. The summed E-state index contributed by atoms with van der Waals surface area (Å²) < 4.78 is 33.3. The fourth-order valence-corrected chi connectivity index (χ4v) is 3.08. The smallest absolute Gasteiger partial charge is 0.330 e. The van der Waals surface area contributed by atoms with Crippen molar-refractivity contribution in [3.8, 4) is 0 Å². The van der Waals surface area contributed by atoms with Gasteiger partial charge in [-0.05, 0) is 6.92 Å². The molecule has 2 heterocycles. The van der Waals surface area contributed by atoms with Crippen LogP contribution in [0.4, 0.5) is 0 Å². The van der Waals surface area contributed by atoms with Crippen molar-refractivity contribution in [1.29, 1.82) is 0 Å². The van der Waals surface area contributed by atoms with E-state index >= 15 is 0 Å². The minimum absolute atomic E-state index is 0.0997.